The van der Waals surface area contributed by atoms with E-state index in [9.17, 15) is 9.59 Å². The van der Waals surface area contributed by atoms with Gasteiger partial charge in [0.15, 0.2) is 0 Å². The predicted molar refractivity (Wildman–Crippen MR) is 76.7 cm³/mol. The molecule has 0 radical (unpaired) electrons. The van der Waals surface area contributed by atoms with Gasteiger partial charge in [-0.05, 0) is 30.2 Å². The lowest BCUT2D eigenvalue weighted by Crippen LogP contribution is -2.30. The summed E-state index contributed by atoms with van der Waals surface area (Å²) in [7, 11) is 3.20. The van der Waals surface area contributed by atoms with Crippen LogP contribution in [0.3, 0.4) is 0 Å². The molecule has 1 saturated heterocycles. The Morgan fingerprint density at radius 2 is 2.05 bits per heavy atom. The zero-order valence-electron chi connectivity index (χ0n) is 12.1. The molecule has 0 saturated carbocycles. The number of ether oxygens (including phenoxy) is 1. The van der Waals surface area contributed by atoms with E-state index in [4.69, 9.17) is 4.74 Å². The summed E-state index contributed by atoms with van der Waals surface area (Å²) in [6.45, 7) is 2.65. The highest BCUT2D eigenvalue weighted by molar-refractivity contribution is 5.99. The van der Waals surface area contributed by atoms with E-state index in [1.54, 1.807) is 19.1 Å². The maximum absolute atomic E-state index is 12.4. The summed E-state index contributed by atoms with van der Waals surface area (Å²) in [6.07, 6.45) is 0.253. The smallest absolute Gasteiger partial charge is 0.230 e. The van der Waals surface area contributed by atoms with Crippen LogP contribution in [-0.4, -0.2) is 32.5 Å². The van der Waals surface area contributed by atoms with E-state index in [2.05, 4.69) is 5.32 Å². The molecule has 1 N–H and O–H groups in total. The summed E-state index contributed by atoms with van der Waals surface area (Å²) >= 11 is 0. The maximum Gasteiger partial charge on any atom is 0.230 e. The van der Waals surface area contributed by atoms with Gasteiger partial charge in [-0.2, -0.15) is 0 Å². The van der Waals surface area contributed by atoms with Gasteiger partial charge in [-0.15, -0.1) is 0 Å². The number of benzene rings is 1. The molecule has 0 spiro atoms. The molecule has 1 aliphatic heterocycles. The van der Waals surface area contributed by atoms with Crippen molar-refractivity contribution in [2.45, 2.75) is 13.3 Å². The lowest BCUT2D eigenvalue weighted by molar-refractivity contribution is -0.127. The third kappa shape index (κ3) is 2.76. The number of amides is 2. The molecule has 5 heteroatoms. The average molecular weight is 276 g/mol. The van der Waals surface area contributed by atoms with E-state index < -0.39 is 0 Å². The Labute approximate surface area is 118 Å². The second-order valence-corrected chi connectivity index (χ2v) is 5.11. The van der Waals surface area contributed by atoms with E-state index in [0.717, 1.165) is 11.4 Å². The monoisotopic (exact) mass is 276 g/mol. The lowest BCUT2D eigenvalue weighted by Gasteiger charge is -2.17. The van der Waals surface area contributed by atoms with Crippen molar-refractivity contribution in [2.75, 3.05) is 25.6 Å². The summed E-state index contributed by atoms with van der Waals surface area (Å²) in [6, 6.07) is 7.40. The van der Waals surface area contributed by atoms with Crippen molar-refractivity contribution < 1.29 is 14.3 Å². The first-order valence-electron chi connectivity index (χ1n) is 6.72. The first kappa shape index (κ1) is 14.4. The van der Waals surface area contributed by atoms with E-state index in [0.29, 0.717) is 6.54 Å². The van der Waals surface area contributed by atoms with Gasteiger partial charge < -0.3 is 15.0 Å². The molecule has 2 atom stereocenters. The number of nitrogens with one attached hydrogen (secondary N) is 1. The van der Waals surface area contributed by atoms with Crippen LogP contribution in [-0.2, 0) is 9.59 Å². The molecular weight excluding hydrogens is 256 g/mol. The summed E-state index contributed by atoms with van der Waals surface area (Å²) in [5.74, 6) is 0.618. The minimum absolute atomic E-state index is 0.0197. The summed E-state index contributed by atoms with van der Waals surface area (Å²) < 4.78 is 5.11. The number of rotatable bonds is 4. The number of carbonyl (C=O) groups is 2. The van der Waals surface area contributed by atoms with Gasteiger partial charge in [-0.1, -0.05) is 6.92 Å². The third-order valence-electron chi connectivity index (χ3n) is 3.81. The van der Waals surface area contributed by atoms with Crippen LogP contribution in [0.1, 0.15) is 13.3 Å². The summed E-state index contributed by atoms with van der Waals surface area (Å²) in [5.41, 5.74) is 0.849. The van der Waals surface area contributed by atoms with Gasteiger partial charge in [-0.3, -0.25) is 9.59 Å². The lowest BCUT2D eigenvalue weighted by atomic mass is 9.94. The molecule has 5 nitrogen and oxygen atoms in total. The van der Waals surface area contributed by atoms with Gasteiger partial charge in [0, 0.05) is 25.7 Å². The summed E-state index contributed by atoms with van der Waals surface area (Å²) in [4.78, 5) is 25.7. The highest BCUT2D eigenvalue weighted by Crippen LogP contribution is 2.32. The van der Waals surface area contributed by atoms with Crippen molar-refractivity contribution in [1.82, 2.24) is 5.32 Å². The first-order valence-corrected chi connectivity index (χ1v) is 6.72. The normalized spacial score (nSPS) is 21.9. The molecule has 1 aromatic rings. The second kappa shape index (κ2) is 5.94. The molecule has 1 fully saturated rings. The van der Waals surface area contributed by atoms with Crippen molar-refractivity contribution in [3.63, 3.8) is 0 Å². The van der Waals surface area contributed by atoms with Gasteiger partial charge in [0.1, 0.15) is 5.75 Å². The minimum atomic E-state index is -0.239. The molecular formula is C15H20N2O3. The van der Waals surface area contributed by atoms with Crippen LogP contribution in [0.15, 0.2) is 24.3 Å². The van der Waals surface area contributed by atoms with E-state index in [1.165, 1.54) is 0 Å². The SMILES string of the molecule is CNC(=O)C[C@H]1C(=O)N(c2ccc(OC)cc2)C[C@@H]1C. The molecule has 1 aliphatic rings. The highest BCUT2D eigenvalue weighted by atomic mass is 16.5. The van der Waals surface area contributed by atoms with Gasteiger partial charge >= 0.3 is 0 Å². The number of carbonyl (C=O) groups excluding carboxylic acids is 2. The van der Waals surface area contributed by atoms with Crippen LogP contribution in [0.2, 0.25) is 0 Å². The fourth-order valence-electron chi connectivity index (χ4n) is 2.53. The quantitative estimate of drug-likeness (QED) is 0.905. The highest BCUT2D eigenvalue weighted by Gasteiger charge is 2.39. The van der Waals surface area contributed by atoms with Crippen molar-refractivity contribution in [3.05, 3.63) is 24.3 Å². The molecule has 0 unspecified atom stereocenters. The number of anilines is 1. The summed E-state index contributed by atoms with van der Waals surface area (Å²) in [5, 5.41) is 2.58. The Morgan fingerprint density at radius 3 is 2.60 bits per heavy atom. The van der Waals surface area contributed by atoms with Crippen LogP contribution in [0, 0.1) is 11.8 Å². The Hall–Kier alpha value is -2.04. The average Bonchev–Trinajstić information content (AvgIpc) is 2.75. The molecule has 1 heterocycles. The Kier molecular flexibility index (Phi) is 4.27. The number of nitrogens with zero attached hydrogens (tertiary/aromatic N) is 1. The predicted octanol–water partition coefficient (Wildman–Crippen LogP) is 1.43. The van der Waals surface area contributed by atoms with Crippen LogP contribution < -0.4 is 15.0 Å². The fourth-order valence-corrected chi connectivity index (χ4v) is 2.53. The Balaban J connectivity index is 2.14. The van der Waals surface area contributed by atoms with Gasteiger partial charge in [-0.25, -0.2) is 0 Å². The molecule has 20 heavy (non-hydrogen) atoms. The zero-order valence-corrected chi connectivity index (χ0v) is 12.1. The minimum Gasteiger partial charge on any atom is -0.497 e. The topological polar surface area (TPSA) is 58.6 Å². The van der Waals surface area contributed by atoms with Crippen LogP contribution >= 0.6 is 0 Å². The van der Waals surface area contributed by atoms with Crippen molar-refractivity contribution in [3.8, 4) is 5.75 Å². The number of hydrogen-bond donors (Lipinski definition) is 1. The molecule has 0 bridgehead atoms. The number of hydrogen-bond acceptors (Lipinski definition) is 3. The van der Waals surface area contributed by atoms with Crippen LogP contribution in [0.25, 0.3) is 0 Å². The Morgan fingerprint density at radius 1 is 1.40 bits per heavy atom. The molecule has 2 amide bonds. The van der Waals surface area contributed by atoms with Crippen LogP contribution in [0.4, 0.5) is 5.69 Å². The second-order valence-electron chi connectivity index (χ2n) is 5.11. The van der Waals surface area contributed by atoms with Crippen molar-refractivity contribution in [1.29, 1.82) is 0 Å². The van der Waals surface area contributed by atoms with Crippen molar-refractivity contribution in [2.24, 2.45) is 11.8 Å². The van der Waals surface area contributed by atoms with E-state index >= 15 is 0 Å². The molecule has 0 aromatic heterocycles. The van der Waals surface area contributed by atoms with Crippen molar-refractivity contribution >= 4 is 17.5 Å². The molecule has 1 aromatic carbocycles. The maximum atomic E-state index is 12.4. The van der Waals surface area contributed by atoms with E-state index in [-0.39, 0.29) is 30.1 Å². The van der Waals surface area contributed by atoms with Gasteiger partial charge in [0.2, 0.25) is 11.8 Å². The standard InChI is InChI=1S/C15H20N2O3/c1-10-9-17(11-4-6-12(20-3)7-5-11)15(19)13(10)8-14(18)16-2/h4-7,10,13H,8-9H2,1-3H3,(H,16,18)/t10-,13+/m0/s1. The van der Waals surface area contributed by atoms with Crippen LogP contribution in [0.5, 0.6) is 5.75 Å². The largest absolute Gasteiger partial charge is 0.497 e. The molecule has 2 rings (SSSR count). The number of methoxy groups -OCH3 is 1. The fraction of sp³-hybridized carbons (Fsp3) is 0.467. The molecule has 108 valence electrons. The van der Waals surface area contributed by atoms with E-state index in [1.807, 2.05) is 31.2 Å². The first-order chi connectivity index (χ1) is 9.56. The van der Waals surface area contributed by atoms with Gasteiger partial charge in [0.25, 0.3) is 0 Å². The molecule has 0 aliphatic carbocycles. The zero-order chi connectivity index (χ0) is 14.7. The Bertz CT molecular complexity index is 498. The third-order valence-corrected chi connectivity index (χ3v) is 3.81. The van der Waals surface area contributed by atoms with Gasteiger partial charge in [0.05, 0.1) is 13.0 Å².